The van der Waals surface area contributed by atoms with Gasteiger partial charge in [-0.05, 0) is 35.9 Å². The van der Waals surface area contributed by atoms with Crippen LogP contribution in [-0.4, -0.2) is 38.2 Å². The lowest BCUT2D eigenvalue weighted by atomic mass is 10.1. The minimum atomic E-state index is -0.996. The number of aromatic carboxylic acids is 1. The molecule has 0 aliphatic carbocycles. The Bertz CT molecular complexity index is 780. The van der Waals surface area contributed by atoms with Crippen molar-refractivity contribution in [3.8, 4) is 17.2 Å². The summed E-state index contributed by atoms with van der Waals surface area (Å²) in [5.41, 5.74) is 1.28. The molecule has 0 fully saturated rings. The molecule has 1 N–H and O–H groups in total. The van der Waals surface area contributed by atoms with E-state index < -0.39 is 5.97 Å². The number of carbonyl (C=O) groups excluding carboxylic acids is 1. The Hall–Kier alpha value is -3.28. The van der Waals surface area contributed by atoms with Crippen LogP contribution < -0.4 is 14.2 Å². The lowest BCUT2D eigenvalue weighted by molar-refractivity contribution is 0.0696. The Labute approximate surface area is 145 Å². The predicted octanol–water partition coefficient (Wildman–Crippen LogP) is 3.31. The van der Waals surface area contributed by atoms with E-state index in [9.17, 15) is 9.59 Å². The summed E-state index contributed by atoms with van der Waals surface area (Å²) in [6.45, 7) is 0. The third kappa shape index (κ3) is 4.17. The number of methoxy groups -OCH3 is 3. The lowest BCUT2D eigenvalue weighted by Gasteiger charge is -2.13. The van der Waals surface area contributed by atoms with Crippen LogP contribution in [0.4, 0.5) is 0 Å². The Balaban J connectivity index is 2.26. The molecule has 25 heavy (non-hydrogen) atoms. The molecule has 0 heterocycles. The van der Waals surface area contributed by atoms with Gasteiger partial charge in [-0.15, -0.1) is 0 Å². The second-order valence-corrected chi connectivity index (χ2v) is 5.04. The molecule has 130 valence electrons. The fourth-order valence-corrected chi connectivity index (χ4v) is 2.23. The first-order valence-corrected chi connectivity index (χ1v) is 7.36. The standard InChI is InChI=1S/C19H18O6/c1-23-16-10-14(11-17(24-2)18(16)25-3)15(20)9-6-12-4-7-13(8-5-12)19(21)22/h4-11H,1-3H3,(H,21,22)/b9-6+. The number of carboxylic acids is 1. The minimum absolute atomic E-state index is 0.188. The summed E-state index contributed by atoms with van der Waals surface area (Å²) in [6, 6.07) is 9.35. The van der Waals surface area contributed by atoms with E-state index in [1.54, 1.807) is 30.3 Å². The van der Waals surface area contributed by atoms with E-state index in [-0.39, 0.29) is 11.3 Å². The van der Waals surface area contributed by atoms with Crippen LogP contribution in [-0.2, 0) is 0 Å². The molecule has 0 saturated heterocycles. The molecule has 6 heteroatoms. The summed E-state index contributed by atoms with van der Waals surface area (Å²) < 4.78 is 15.7. The zero-order valence-electron chi connectivity index (χ0n) is 14.1. The molecule has 0 bridgehead atoms. The van der Waals surface area contributed by atoms with E-state index in [1.165, 1.54) is 39.5 Å². The second kappa shape index (κ2) is 8.01. The highest BCUT2D eigenvalue weighted by Gasteiger charge is 2.15. The van der Waals surface area contributed by atoms with Crippen molar-refractivity contribution in [2.75, 3.05) is 21.3 Å². The number of ether oxygens (including phenoxy) is 3. The van der Waals surface area contributed by atoms with Gasteiger partial charge in [-0.3, -0.25) is 4.79 Å². The number of hydrogen-bond donors (Lipinski definition) is 1. The van der Waals surface area contributed by atoms with Crippen molar-refractivity contribution in [3.63, 3.8) is 0 Å². The van der Waals surface area contributed by atoms with Crippen LogP contribution in [0.15, 0.2) is 42.5 Å². The molecule has 6 nitrogen and oxygen atoms in total. The van der Waals surface area contributed by atoms with Gasteiger partial charge in [0, 0.05) is 5.56 Å². The van der Waals surface area contributed by atoms with Gasteiger partial charge in [0.2, 0.25) is 5.75 Å². The molecule has 0 spiro atoms. The van der Waals surface area contributed by atoms with Crippen molar-refractivity contribution in [3.05, 3.63) is 59.2 Å². The molecular formula is C19H18O6. The highest BCUT2D eigenvalue weighted by Crippen LogP contribution is 2.38. The van der Waals surface area contributed by atoms with Crippen LogP contribution in [0.25, 0.3) is 6.08 Å². The quantitative estimate of drug-likeness (QED) is 0.614. The number of allylic oxidation sites excluding steroid dienone is 1. The van der Waals surface area contributed by atoms with Gasteiger partial charge in [0.15, 0.2) is 17.3 Å². The number of ketones is 1. The van der Waals surface area contributed by atoms with E-state index in [0.717, 1.165) is 0 Å². The first-order valence-electron chi connectivity index (χ1n) is 7.36. The molecule has 0 atom stereocenters. The summed E-state index contributed by atoms with van der Waals surface area (Å²) in [4.78, 5) is 23.2. The maximum Gasteiger partial charge on any atom is 0.335 e. The monoisotopic (exact) mass is 342 g/mol. The Kier molecular flexibility index (Phi) is 5.79. The summed E-state index contributed by atoms with van der Waals surface area (Å²) in [7, 11) is 4.44. The van der Waals surface area contributed by atoms with Crippen molar-refractivity contribution in [2.45, 2.75) is 0 Å². The Morgan fingerprint density at radius 2 is 1.44 bits per heavy atom. The summed E-state index contributed by atoms with van der Waals surface area (Å²) >= 11 is 0. The van der Waals surface area contributed by atoms with Gasteiger partial charge in [-0.25, -0.2) is 4.79 Å². The minimum Gasteiger partial charge on any atom is -0.493 e. The average Bonchev–Trinajstić information content (AvgIpc) is 2.64. The normalized spacial score (nSPS) is 10.5. The molecule has 0 amide bonds. The molecule has 0 aliphatic rings. The Morgan fingerprint density at radius 1 is 0.880 bits per heavy atom. The van der Waals surface area contributed by atoms with Crippen molar-refractivity contribution in [1.82, 2.24) is 0 Å². The first-order chi connectivity index (χ1) is 12.0. The molecule has 0 aliphatic heterocycles. The number of carbonyl (C=O) groups is 2. The van der Waals surface area contributed by atoms with Gasteiger partial charge in [0.05, 0.1) is 26.9 Å². The topological polar surface area (TPSA) is 82.1 Å². The summed E-state index contributed by atoms with van der Waals surface area (Å²) in [5, 5.41) is 8.88. The SMILES string of the molecule is COc1cc(C(=O)/C=C/c2ccc(C(=O)O)cc2)cc(OC)c1OC. The molecule has 0 aromatic heterocycles. The molecule has 0 unspecified atom stereocenters. The predicted molar refractivity (Wildman–Crippen MR) is 92.9 cm³/mol. The van der Waals surface area contributed by atoms with Gasteiger partial charge in [0.25, 0.3) is 0 Å². The molecule has 0 saturated carbocycles. The van der Waals surface area contributed by atoms with E-state index in [4.69, 9.17) is 19.3 Å². The van der Waals surface area contributed by atoms with E-state index in [2.05, 4.69) is 0 Å². The largest absolute Gasteiger partial charge is 0.493 e. The van der Waals surface area contributed by atoms with E-state index >= 15 is 0 Å². The fraction of sp³-hybridized carbons (Fsp3) is 0.158. The maximum atomic E-state index is 12.4. The van der Waals surface area contributed by atoms with Crippen LogP contribution in [0, 0.1) is 0 Å². The smallest absolute Gasteiger partial charge is 0.335 e. The van der Waals surface area contributed by atoms with Crippen LogP contribution in [0.2, 0.25) is 0 Å². The van der Waals surface area contributed by atoms with Crippen LogP contribution >= 0.6 is 0 Å². The second-order valence-electron chi connectivity index (χ2n) is 5.04. The van der Waals surface area contributed by atoms with Crippen molar-refractivity contribution < 1.29 is 28.9 Å². The fourth-order valence-electron chi connectivity index (χ4n) is 2.23. The lowest BCUT2D eigenvalue weighted by Crippen LogP contribution is -2.00. The number of carboxylic acid groups (broad SMARTS) is 1. The molecule has 2 aromatic carbocycles. The van der Waals surface area contributed by atoms with Gasteiger partial charge >= 0.3 is 5.97 Å². The van der Waals surface area contributed by atoms with Crippen LogP contribution in [0.3, 0.4) is 0 Å². The van der Waals surface area contributed by atoms with E-state index in [0.29, 0.717) is 28.4 Å². The average molecular weight is 342 g/mol. The van der Waals surface area contributed by atoms with Gasteiger partial charge in [-0.2, -0.15) is 0 Å². The van der Waals surface area contributed by atoms with Crippen molar-refractivity contribution >= 4 is 17.8 Å². The zero-order valence-corrected chi connectivity index (χ0v) is 14.1. The van der Waals surface area contributed by atoms with Gasteiger partial charge in [-0.1, -0.05) is 18.2 Å². The van der Waals surface area contributed by atoms with Crippen LogP contribution in [0.1, 0.15) is 26.3 Å². The van der Waals surface area contributed by atoms with Crippen molar-refractivity contribution in [2.24, 2.45) is 0 Å². The van der Waals surface area contributed by atoms with Crippen molar-refractivity contribution in [1.29, 1.82) is 0 Å². The summed E-state index contributed by atoms with van der Waals surface area (Å²) in [6.07, 6.45) is 3.01. The highest BCUT2D eigenvalue weighted by molar-refractivity contribution is 6.07. The maximum absolute atomic E-state index is 12.4. The first kappa shape index (κ1) is 18.1. The summed E-state index contributed by atoms with van der Waals surface area (Å²) in [5.74, 6) is -0.0470. The third-order valence-corrected chi connectivity index (χ3v) is 3.53. The third-order valence-electron chi connectivity index (χ3n) is 3.53. The zero-order chi connectivity index (χ0) is 18.4. The van der Waals surface area contributed by atoms with Gasteiger partial charge in [0.1, 0.15) is 0 Å². The number of hydrogen-bond acceptors (Lipinski definition) is 5. The van der Waals surface area contributed by atoms with Gasteiger partial charge < -0.3 is 19.3 Å². The number of benzene rings is 2. The number of rotatable bonds is 7. The van der Waals surface area contributed by atoms with E-state index in [1.807, 2.05) is 0 Å². The highest BCUT2D eigenvalue weighted by atomic mass is 16.5. The molecule has 2 aromatic rings. The Morgan fingerprint density at radius 3 is 1.88 bits per heavy atom. The van der Waals surface area contributed by atoms with Crippen LogP contribution in [0.5, 0.6) is 17.2 Å². The molecule has 0 radical (unpaired) electrons. The molecule has 2 rings (SSSR count). The molecular weight excluding hydrogens is 324 g/mol.